The number of hydrogen-bond acceptors (Lipinski definition) is 4. The number of hydrogen-bond donors (Lipinski definition) is 2. The van der Waals surface area contributed by atoms with Gasteiger partial charge in [0, 0.05) is 16.2 Å². The summed E-state index contributed by atoms with van der Waals surface area (Å²) in [6, 6.07) is 12.1. The van der Waals surface area contributed by atoms with E-state index in [9.17, 15) is 14.7 Å². The van der Waals surface area contributed by atoms with Gasteiger partial charge in [0.1, 0.15) is 12.6 Å². The predicted molar refractivity (Wildman–Crippen MR) is 88.6 cm³/mol. The minimum atomic E-state index is -1.08. The highest BCUT2D eigenvalue weighted by atomic mass is 32.1. The van der Waals surface area contributed by atoms with Crippen LogP contribution in [0, 0.1) is 0 Å². The molecule has 0 radical (unpaired) electrons. The van der Waals surface area contributed by atoms with Gasteiger partial charge in [-0.1, -0.05) is 37.3 Å². The average molecular weight is 333 g/mol. The minimum Gasteiger partial charge on any atom is -0.480 e. The first-order chi connectivity index (χ1) is 11.1. The van der Waals surface area contributed by atoms with Crippen LogP contribution in [0.4, 0.5) is 4.79 Å². The van der Waals surface area contributed by atoms with Gasteiger partial charge in [-0.05, 0) is 24.1 Å². The first-order valence-corrected chi connectivity index (χ1v) is 8.17. The number of amides is 1. The Kier molecular flexibility index (Phi) is 6.17. The number of nitrogens with one attached hydrogen (secondary N) is 1. The zero-order chi connectivity index (χ0) is 16.7. The number of ether oxygens (including phenoxy) is 1. The molecule has 2 aromatic rings. The van der Waals surface area contributed by atoms with Crippen LogP contribution in [0.5, 0.6) is 0 Å². The van der Waals surface area contributed by atoms with Gasteiger partial charge in [-0.2, -0.15) is 0 Å². The zero-order valence-corrected chi connectivity index (χ0v) is 13.6. The van der Waals surface area contributed by atoms with E-state index in [4.69, 9.17) is 4.74 Å². The fourth-order valence-electron chi connectivity index (χ4n) is 2.03. The van der Waals surface area contributed by atoms with Crippen molar-refractivity contribution in [3.05, 3.63) is 57.8 Å². The molecule has 2 N–H and O–H groups in total. The maximum atomic E-state index is 11.8. The minimum absolute atomic E-state index is 0.109. The molecule has 0 bridgehead atoms. The molecule has 6 heteroatoms. The van der Waals surface area contributed by atoms with Crippen LogP contribution in [0.1, 0.15) is 22.2 Å². The fraction of sp³-hybridized carbons (Fsp3) is 0.294. The van der Waals surface area contributed by atoms with E-state index in [0.717, 1.165) is 16.9 Å². The van der Waals surface area contributed by atoms with Gasteiger partial charge in [-0.3, -0.25) is 0 Å². The number of carboxylic acid groups (broad SMARTS) is 1. The Balaban J connectivity index is 1.88. The van der Waals surface area contributed by atoms with Crippen molar-refractivity contribution in [2.45, 2.75) is 32.4 Å². The Morgan fingerprint density at radius 2 is 1.87 bits per heavy atom. The maximum absolute atomic E-state index is 11.8. The number of benzene rings is 1. The van der Waals surface area contributed by atoms with Crippen molar-refractivity contribution >= 4 is 23.4 Å². The van der Waals surface area contributed by atoms with E-state index in [2.05, 4.69) is 5.32 Å². The zero-order valence-electron chi connectivity index (χ0n) is 12.8. The summed E-state index contributed by atoms with van der Waals surface area (Å²) in [5.41, 5.74) is 0.848. The molecular formula is C17H19NO4S. The van der Waals surface area contributed by atoms with Crippen molar-refractivity contribution < 1.29 is 19.4 Å². The van der Waals surface area contributed by atoms with E-state index in [0.29, 0.717) is 0 Å². The molecule has 1 amide bonds. The SMILES string of the molecule is CCc1ccc(CC(NC(=O)OCc2ccccc2)C(=O)O)s1. The molecule has 1 aromatic heterocycles. The van der Waals surface area contributed by atoms with E-state index in [1.807, 2.05) is 49.4 Å². The lowest BCUT2D eigenvalue weighted by Gasteiger charge is -2.14. The quantitative estimate of drug-likeness (QED) is 0.816. The molecule has 0 saturated carbocycles. The molecule has 2 rings (SSSR count). The van der Waals surface area contributed by atoms with Crippen molar-refractivity contribution in [3.63, 3.8) is 0 Å². The van der Waals surface area contributed by atoms with Gasteiger partial charge >= 0.3 is 12.1 Å². The topological polar surface area (TPSA) is 75.6 Å². The summed E-state index contributed by atoms with van der Waals surface area (Å²) in [4.78, 5) is 25.2. The summed E-state index contributed by atoms with van der Waals surface area (Å²) in [5.74, 6) is -1.08. The van der Waals surface area contributed by atoms with Crippen molar-refractivity contribution in [2.24, 2.45) is 0 Å². The van der Waals surface area contributed by atoms with Crippen LogP contribution in [-0.4, -0.2) is 23.2 Å². The summed E-state index contributed by atoms with van der Waals surface area (Å²) < 4.78 is 5.06. The standard InChI is InChI=1S/C17H19NO4S/c1-2-13-8-9-14(23-13)10-15(16(19)20)18-17(21)22-11-12-6-4-3-5-7-12/h3-9,15H,2,10-11H2,1H3,(H,18,21)(H,19,20). The van der Waals surface area contributed by atoms with Crippen LogP contribution >= 0.6 is 11.3 Å². The molecular weight excluding hydrogens is 314 g/mol. The number of thiophene rings is 1. The Bertz CT molecular complexity index is 654. The third-order valence-electron chi connectivity index (χ3n) is 3.27. The van der Waals surface area contributed by atoms with Crippen LogP contribution in [0.25, 0.3) is 0 Å². The fourth-order valence-corrected chi connectivity index (χ4v) is 3.03. The van der Waals surface area contributed by atoms with Crippen molar-refractivity contribution in [1.82, 2.24) is 5.32 Å². The first kappa shape index (κ1) is 17.0. The van der Waals surface area contributed by atoms with Gasteiger partial charge in [0.05, 0.1) is 0 Å². The molecule has 0 saturated heterocycles. The highest BCUT2D eigenvalue weighted by Crippen LogP contribution is 2.18. The van der Waals surface area contributed by atoms with E-state index >= 15 is 0 Å². The number of aliphatic carboxylic acids is 1. The molecule has 0 fully saturated rings. The number of carbonyl (C=O) groups is 2. The smallest absolute Gasteiger partial charge is 0.408 e. The highest BCUT2D eigenvalue weighted by Gasteiger charge is 2.22. The summed E-state index contributed by atoms with van der Waals surface area (Å²) in [7, 11) is 0. The molecule has 0 aliphatic rings. The molecule has 0 aliphatic heterocycles. The maximum Gasteiger partial charge on any atom is 0.408 e. The van der Waals surface area contributed by atoms with Crippen molar-refractivity contribution in [3.8, 4) is 0 Å². The van der Waals surface area contributed by atoms with Gasteiger partial charge in [0.2, 0.25) is 0 Å². The molecule has 1 aromatic carbocycles. The monoisotopic (exact) mass is 333 g/mol. The second-order valence-corrected chi connectivity index (χ2v) is 6.28. The van der Waals surface area contributed by atoms with Crippen LogP contribution in [0.2, 0.25) is 0 Å². The third kappa shape index (κ3) is 5.41. The largest absolute Gasteiger partial charge is 0.480 e. The van der Waals surface area contributed by atoms with Gasteiger partial charge in [0.25, 0.3) is 0 Å². The number of rotatable bonds is 7. The van der Waals surface area contributed by atoms with Crippen LogP contribution in [0.15, 0.2) is 42.5 Å². The summed E-state index contributed by atoms with van der Waals surface area (Å²) >= 11 is 1.56. The number of carbonyl (C=O) groups excluding carboxylic acids is 1. The second kappa shape index (κ2) is 8.33. The van der Waals surface area contributed by atoms with E-state index < -0.39 is 18.1 Å². The number of aryl methyl sites for hydroxylation is 1. The van der Waals surface area contributed by atoms with Crippen molar-refractivity contribution in [2.75, 3.05) is 0 Å². The molecule has 5 nitrogen and oxygen atoms in total. The highest BCUT2D eigenvalue weighted by molar-refractivity contribution is 7.12. The van der Waals surface area contributed by atoms with Gasteiger partial charge in [-0.15, -0.1) is 11.3 Å². The average Bonchev–Trinajstić information content (AvgIpc) is 3.01. The lowest BCUT2D eigenvalue weighted by atomic mass is 10.2. The number of carboxylic acids is 1. The molecule has 23 heavy (non-hydrogen) atoms. The lowest BCUT2D eigenvalue weighted by Crippen LogP contribution is -2.42. The Morgan fingerprint density at radius 1 is 1.17 bits per heavy atom. The molecule has 1 unspecified atom stereocenters. The normalized spacial score (nSPS) is 11.7. The molecule has 1 atom stereocenters. The predicted octanol–water partition coefficient (Wildman–Crippen LogP) is 3.23. The summed E-state index contributed by atoms with van der Waals surface area (Å²) in [6.07, 6.45) is 0.434. The van der Waals surface area contributed by atoms with Gasteiger partial charge in [0.15, 0.2) is 0 Å². The van der Waals surface area contributed by atoms with Crippen LogP contribution in [-0.2, 0) is 29.0 Å². The first-order valence-electron chi connectivity index (χ1n) is 7.36. The van der Waals surface area contributed by atoms with Crippen LogP contribution in [0.3, 0.4) is 0 Å². The van der Waals surface area contributed by atoms with Gasteiger partial charge < -0.3 is 15.2 Å². The summed E-state index contributed by atoms with van der Waals surface area (Å²) in [6.45, 7) is 2.15. The van der Waals surface area contributed by atoms with Gasteiger partial charge in [-0.25, -0.2) is 9.59 Å². The van der Waals surface area contributed by atoms with Crippen LogP contribution < -0.4 is 5.32 Å². The molecule has 1 heterocycles. The van der Waals surface area contributed by atoms with E-state index in [1.54, 1.807) is 11.3 Å². The lowest BCUT2D eigenvalue weighted by molar-refractivity contribution is -0.139. The molecule has 0 spiro atoms. The third-order valence-corrected chi connectivity index (χ3v) is 4.53. The molecule has 122 valence electrons. The van der Waals surface area contributed by atoms with E-state index in [-0.39, 0.29) is 13.0 Å². The van der Waals surface area contributed by atoms with Crippen molar-refractivity contribution in [1.29, 1.82) is 0 Å². The number of alkyl carbamates (subject to hydrolysis) is 1. The Labute approximate surface area is 138 Å². The Morgan fingerprint density at radius 3 is 2.48 bits per heavy atom. The molecule has 0 aliphatic carbocycles. The second-order valence-electron chi connectivity index (χ2n) is 5.02. The van der Waals surface area contributed by atoms with E-state index in [1.165, 1.54) is 4.88 Å². The Hall–Kier alpha value is -2.34. The summed E-state index contributed by atoms with van der Waals surface area (Å²) in [5, 5.41) is 11.7.